The van der Waals surface area contributed by atoms with Gasteiger partial charge in [0.2, 0.25) is 0 Å². The summed E-state index contributed by atoms with van der Waals surface area (Å²) in [5, 5.41) is 21.6. The first-order valence-corrected chi connectivity index (χ1v) is 6.18. The van der Waals surface area contributed by atoms with Crippen LogP contribution in [0.3, 0.4) is 0 Å². The highest BCUT2D eigenvalue weighted by Gasteiger charge is 2.52. The fourth-order valence-electron chi connectivity index (χ4n) is 3.18. The number of nitrogens with one attached hydrogen (secondary N) is 1. The molecule has 0 aromatic rings. The van der Waals surface area contributed by atoms with Gasteiger partial charge in [-0.05, 0) is 57.0 Å². The van der Waals surface area contributed by atoms with E-state index in [-0.39, 0.29) is 18.3 Å². The minimum atomic E-state index is -1.53. The highest BCUT2D eigenvalue weighted by Crippen LogP contribution is 2.50. The number of carbonyl (C=O) groups is 2. The number of aliphatic carboxylic acids is 2. The van der Waals surface area contributed by atoms with E-state index in [0.29, 0.717) is 0 Å². The van der Waals surface area contributed by atoms with E-state index in [1.54, 1.807) is 0 Å². The number of carboxylic acids is 2. The SMILES string of the molecule is O=C(O)C1(C(=O)O)CCC2(CCNCC2)CC1. The van der Waals surface area contributed by atoms with Crippen molar-refractivity contribution in [1.29, 1.82) is 0 Å². The molecule has 0 aromatic carbocycles. The third-order valence-corrected chi connectivity index (χ3v) is 4.65. The Morgan fingerprint density at radius 2 is 1.29 bits per heavy atom. The van der Waals surface area contributed by atoms with Crippen molar-refractivity contribution in [2.24, 2.45) is 10.8 Å². The van der Waals surface area contributed by atoms with Gasteiger partial charge in [0, 0.05) is 0 Å². The summed E-state index contributed by atoms with van der Waals surface area (Å²) in [6, 6.07) is 0. The Balaban J connectivity index is 2.10. The van der Waals surface area contributed by atoms with Crippen molar-refractivity contribution in [3.63, 3.8) is 0 Å². The van der Waals surface area contributed by atoms with Gasteiger partial charge in [0.1, 0.15) is 0 Å². The Bertz CT molecular complexity index is 307. The van der Waals surface area contributed by atoms with E-state index in [1.807, 2.05) is 0 Å². The highest BCUT2D eigenvalue weighted by atomic mass is 16.4. The summed E-state index contributed by atoms with van der Waals surface area (Å²) >= 11 is 0. The van der Waals surface area contributed by atoms with Crippen molar-refractivity contribution in [2.45, 2.75) is 38.5 Å². The van der Waals surface area contributed by atoms with Gasteiger partial charge in [0.25, 0.3) is 0 Å². The fourth-order valence-corrected chi connectivity index (χ4v) is 3.18. The normalized spacial score (nSPS) is 26.6. The third kappa shape index (κ3) is 2.04. The van der Waals surface area contributed by atoms with Crippen LogP contribution in [-0.4, -0.2) is 35.2 Å². The van der Waals surface area contributed by atoms with Crippen LogP contribution in [0.25, 0.3) is 0 Å². The van der Waals surface area contributed by atoms with E-state index in [0.717, 1.165) is 38.8 Å². The predicted molar refractivity (Wildman–Crippen MR) is 60.7 cm³/mol. The number of rotatable bonds is 2. The van der Waals surface area contributed by atoms with Gasteiger partial charge in [-0.2, -0.15) is 0 Å². The fraction of sp³-hybridized carbons (Fsp3) is 0.833. The zero-order valence-electron chi connectivity index (χ0n) is 9.87. The third-order valence-electron chi connectivity index (χ3n) is 4.65. The molecule has 0 radical (unpaired) electrons. The molecule has 1 saturated heterocycles. The summed E-state index contributed by atoms with van der Waals surface area (Å²) < 4.78 is 0. The maximum absolute atomic E-state index is 11.2. The molecule has 0 unspecified atom stereocenters. The van der Waals surface area contributed by atoms with E-state index in [9.17, 15) is 9.59 Å². The molecule has 1 saturated carbocycles. The molecule has 0 atom stereocenters. The smallest absolute Gasteiger partial charge is 0.321 e. The van der Waals surface area contributed by atoms with Crippen LogP contribution in [0.5, 0.6) is 0 Å². The van der Waals surface area contributed by atoms with E-state index in [2.05, 4.69) is 5.32 Å². The summed E-state index contributed by atoms with van der Waals surface area (Å²) in [7, 11) is 0. The lowest BCUT2D eigenvalue weighted by Gasteiger charge is -2.45. The van der Waals surface area contributed by atoms with Gasteiger partial charge in [-0.3, -0.25) is 9.59 Å². The molecule has 96 valence electrons. The molecule has 3 N–H and O–H groups in total. The van der Waals surface area contributed by atoms with Gasteiger partial charge in [0.05, 0.1) is 0 Å². The molecule has 1 spiro atoms. The molecule has 1 heterocycles. The summed E-state index contributed by atoms with van der Waals surface area (Å²) in [5.74, 6) is -2.34. The highest BCUT2D eigenvalue weighted by molar-refractivity contribution is 5.98. The molecule has 0 amide bonds. The summed E-state index contributed by atoms with van der Waals surface area (Å²) in [5.41, 5.74) is -1.34. The summed E-state index contributed by atoms with van der Waals surface area (Å²) in [4.78, 5) is 22.4. The van der Waals surface area contributed by atoms with Crippen LogP contribution in [0.4, 0.5) is 0 Å². The van der Waals surface area contributed by atoms with Crippen LogP contribution < -0.4 is 5.32 Å². The van der Waals surface area contributed by atoms with Crippen LogP contribution in [-0.2, 0) is 9.59 Å². The molecule has 0 aromatic heterocycles. The Labute approximate surface area is 100 Å². The molecule has 5 heteroatoms. The summed E-state index contributed by atoms with van der Waals surface area (Å²) in [6.45, 7) is 1.93. The minimum absolute atomic E-state index is 0.194. The van der Waals surface area contributed by atoms with Crippen LogP contribution >= 0.6 is 0 Å². The largest absolute Gasteiger partial charge is 0.480 e. The number of hydrogen-bond acceptors (Lipinski definition) is 3. The molecule has 0 bridgehead atoms. The lowest BCUT2D eigenvalue weighted by Crippen LogP contribution is -2.47. The molecule has 5 nitrogen and oxygen atoms in total. The van der Waals surface area contributed by atoms with E-state index < -0.39 is 17.4 Å². The monoisotopic (exact) mass is 241 g/mol. The van der Waals surface area contributed by atoms with Crippen LogP contribution in [0.1, 0.15) is 38.5 Å². The van der Waals surface area contributed by atoms with Crippen molar-refractivity contribution in [2.75, 3.05) is 13.1 Å². The molecule has 2 aliphatic rings. The first-order chi connectivity index (χ1) is 8.01. The molecular formula is C12H19NO4. The average molecular weight is 241 g/mol. The Hall–Kier alpha value is -1.10. The second-order valence-electron chi connectivity index (χ2n) is 5.44. The van der Waals surface area contributed by atoms with E-state index in [1.165, 1.54) is 0 Å². The molecular weight excluding hydrogens is 222 g/mol. The van der Waals surface area contributed by atoms with Crippen molar-refractivity contribution < 1.29 is 19.8 Å². The van der Waals surface area contributed by atoms with Gasteiger partial charge in [0.15, 0.2) is 5.41 Å². The van der Waals surface area contributed by atoms with E-state index in [4.69, 9.17) is 10.2 Å². The standard InChI is InChI=1S/C12H19NO4/c14-9(15)12(10(16)17)3-1-11(2-4-12)5-7-13-8-6-11/h13H,1-8H2,(H,14,15)(H,16,17). The number of piperidine rings is 1. The quantitative estimate of drug-likeness (QED) is 0.630. The Kier molecular flexibility index (Phi) is 3.12. The topological polar surface area (TPSA) is 86.6 Å². The van der Waals surface area contributed by atoms with Crippen molar-refractivity contribution in [3.8, 4) is 0 Å². The van der Waals surface area contributed by atoms with Crippen molar-refractivity contribution in [1.82, 2.24) is 5.32 Å². The van der Waals surface area contributed by atoms with Gasteiger partial charge >= 0.3 is 11.9 Å². The van der Waals surface area contributed by atoms with Crippen LogP contribution in [0.15, 0.2) is 0 Å². The van der Waals surface area contributed by atoms with Gasteiger partial charge in [-0.1, -0.05) is 0 Å². The lowest BCUT2D eigenvalue weighted by atomic mass is 9.60. The van der Waals surface area contributed by atoms with Crippen LogP contribution in [0.2, 0.25) is 0 Å². The van der Waals surface area contributed by atoms with E-state index >= 15 is 0 Å². The maximum Gasteiger partial charge on any atom is 0.321 e. The van der Waals surface area contributed by atoms with Crippen molar-refractivity contribution in [3.05, 3.63) is 0 Å². The lowest BCUT2D eigenvalue weighted by molar-refractivity contribution is -0.169. The molecule has 2 fully saturated rings. The predicted octanol–water partition coefficient (Wildman–Crippen LogP) is 1.09. The van der Waals surface area contributed by atoms with Crippen molar-refractivity contribution >= 4 is 11.9 Å². The van der Waals surface area contributed by atoms with Gasteiger partial charge < -0.3 is 15.5 Å². The molecule has 2 rings (SSSR count). The van der Waals surface area contributed by atoms with Gasteiger partial charge in [-0.15, -0.1) is 0 Å². The van der Waals surface area contributed by atoms with Crippen LogP contribution in [0, 0.1) is 10.8 Å². The molecule has 1 aliphatic carbocycles. The first kappa shape index (κ1) is 12.4. The minimum Gasteiger partial charge on any atom is -0.480 e. The molecule has 1 aliphatic heterocycles. The molecule has 17 heavy (non-hydrogen) atoms. The second kappa shape index (κ2) is 4.29. The zero-order chi connectivity index (χ0) is 12.5. The zero-order valence-corrected chi connectivity index (χ0v) is 9.87. The Morgan fingerprint density at radius 3 is 1.71 bits per heavy atom. The Morgan fingerprint density at radius 1 is 0.824 bits per heavy atom. The first-order valence-electron chi connectivity index (χ1n) is 6.18. The maximum atomic E-state index is 11.2. The second-order valence-corrected chi connectivity index (χ2v) is 5.44. The average Bonchev–Trinajstić information content (AvgIpc) is 2.30. The van der Waals surface area contributed by atoms with Gasteiger partial charge in [-0.25, -0.2) is 0 Å². The number of carboxylic acid groups (broad SMARTS) is 2. The number of hydrogen-bond donors (Lipinski definition) is 3. The summed E-state index contributed by atoms with van der Waals surface area (Å²) in [6.07, 6.45) is 4.10.